The van der Waals surface area contributed by atoms with Gasteiger partial charge in [-0.15, -0.1) is 6.42 Å². The summed E-state index contributed by atoms with van der Waals surface area (Å²) in [5.74, 6) is 3.52. The Morgan fingerprint density at radius 1 is 1.00 bits per heavy atom. The van der Waals surface area contributed by atoms with Crippen molar-refractivity contribution in [1.29, 1.82) is 0 Å². The number of rotatable bonds is 6. The van der Waals surface area contributed by atoms with Crippen LogP contribution in [-0.2, 0) is 11.2 Å². The molecule has 1 N–H and O–H groups in total. The van der Waals surface area contributed by atoms with E-state index < -0.39 is 5.97 Å². The van der Waals surface area contributed by atoms with E-state index in [4.69, 9.17) is 21.0 Å². The normalized spacial score (nSPS) is 9.67. The van der Waals surface area contributed by atoms with Gasteiger partial charge in [-0.1, -0.05) is 18.1 Å². The van der Waals surface area contributed by atoms with E-state index in [0.29, 0.717) is 17.2 Å². The van der Waals surface area contributed by atoms with Crippen molar-refractivity contribution in [2.24, 2.45) is 0 Å². The Morgan fingerprint density at radius 2 is 1.52 bits per heavy atom. The third kappa shape index (κ3) is 4.59. The number of hydrogen-bond acceptors (Lipinski definition) is 3. The summed E-state index contributed by atoms with van der Waals surface area (Å²) in [5.41, 5.74) is 0.730. The maximum atomic E-state index is 10.6. The molecule has 4 nitrogen and oxygen atoms in total. The molecule has 0 fully saturated rings. The van der Waals surface area contributed by atoms with Gasteiger partial charge in [0, 0.05) is 0 Å². The van der Waals surface area contributed by atoms with Gasteiger partial charge in [0.05, 0.1) is 6.42 Å². The molecule has 0 unspecified atom stereocenters. The van der Waals surface area contributed by atoms with Crippen molar-refractivity contribution in [3.63, 3.8) is 0 Å². The molecule has 0 saturated carbocycles. The van der Waals surface area contributed by atoms with Gasteiger partial charge in [-0.25, -0.2) is 0 Å². The standard InChI is InChI=1S/C17H14O4/c1-2-11-20-14-7-9-16(10-8-14)21-15-5-3-13(4-6-15)12-17(18)19/h1,3-10H,11-12H2,(H,18,19). The average Bonchev–Trinajstić information content (AvgIpc) is 2.48. The van der Waals surface area contributed by atoms with Gasteiger partial charge in [-0.2, -0.15) is 0 Å². The first-order valence-corrected chi connectivity index (χ1v) is 6.32. The molecule has 106 valence electrons. The summed E-state index contributed by atoms with van der Waals surface area (Å²) in [5, 5.41) is 8.70. The van der Waals surface area contributed by atoms with Crippen LogP contribution in [0.5, 0.6) is 17.2 Å². The van der Waals surface area contributed by atoms with Crippen molar-refractivity contribution in [1.82, 2.24) is 0 Å². The summed E-state index contributed by atoms with van der Waals surface area (Å²) < 4.78 is 10.9. The summed E-state index contributed by atoms with van der Waals surface area (Å²) in [6.45, 7) is 0.227. The summed E-state index contributed by atoms with van der Waals surface area (Å²) in [7, 11) is 0. The van der Waals surface area contributed by atoms with Crippen molar-refractivity contribution >= 4 is 5.97 Å². The summed E-state index contributed by atoms with van der Waals surface area (Å²) in [4.78, 5) is 10.6. The van der Waals surface area contributed by atoms with Gasteiger partial charge in [0.2, 0.25) is 0 Å². The molecular weight excluding hydrogens is 268 g/mol. The number of aliphatic carboxylic acids is 1. The van der Waals surface area contributed by atoms with Crippen LogP contribution in [0.3, 0.4) is 0 Å². The molecule has 0 heterocycles. The predicted molar refractivity (Wildman–Crippen MR) is 78.6 cm³/mol. The number of benzene rings is 2. The minimum atomic E-state index is -0.855. The molecule has 4 heteroatoms. The largest absolute Gasteiger partial charge is 0.481 e. The van der Waals surface area contributed by atoms with Gasteiger partial charge in [0.1, 0.15) is 23.9 Å². The van der Waals surface area contributed by atoms with Crippen molar-refractivity contribution in [3.8, 4) is 29.6 Å². The van der Waals surface area contributed by atoms with E-state index in [9.17, 15) is 4.79 Å². The SMILES string of the molecule is C#CCOc1ccc(Oc2ccc(CC(=O)O)cc2)cc1. The average molecular weight is 282 g/mol. The molecule has 0 aromatic heterocycles. The Morgan fingerprint density at radius 3 is 2.05 bits per heavy atom. The number of terminal acetylenes is 1. The van der Waals surface area contributed by atoms with Crippen LogP contribution >= 0.6 is 0 Å². The van der Waals surface area contributed by atoms with Gasteiger partial charge in [-0.05, 0) is 42.0 Å². The monoisotopic (exact) mass is 282 g/mol. The second-order valence-electron chi connectivity index (χ2n) is 4.28. The van der Waals surface area contributed by atoms with E-state index in [1.165, 1.54) is 0 Å². The molecule has 0 amide bonds. The van der Waals surface area contributed by atoms with Gasteiger partial charge in [-0.3, -0.25) is 4.79 Å². The number of carboxylic acid groups (broad SMARTS) is 1. The minimum absolute atomic E-state index is 0.00148. The smallest absolute Gasteiger partial charge is 0.307 e. The highest BCUT2D eigenvalue weighted by atomic mass is 16.5. The van der Waals surface area contributed by atoms with Crippen molar-refractivity contribution in [3.05, 3.63) is 54.1 Å². The van der Waals surface area contributed by atoms with Crippen LogP contribution in [0.4, 0.5) is 0 Å². The Labute approximate surface area is 122 Å². The number of hydrogen-bond donors (Lipinski definition) is 1. The van der Waals surface area contributed by atoms with E-state index in [-0.39, 0.29) is 13.0 Å². The topological polar surface area (TPSA) is 55.8 Å². The molecule has 0 aliphatic rings. The molecule has 0 spiro atoms. The molecule has 0 aliphatic carbocycles. The lowest BCUT2D eigenvalue weighted by Gasteiger charge is -2.07. The summed E-state index contributed by atoms with van der Waals surface area (Å²) in [6.07, 6.45) is 5.12. The zero-order valence-corrected chi connectivity index (χ0v) is 11.3. The highest BCUT2D eigenvalue weighted by molar-refractivity contribution is 5.70. The lowest BCUT2D eigenvalue weighted by atomic mass is 10.1. The first-order valence-electron chi connectivity index (χ1n) is 6.32. The first-order chi connectivity index (χ1) is 10.2. The second-order valence-corrected chi connectivity index (χ2v) is 4.28. The molecule has 0 bridgehead atoms. The quantitative estimate of drug-likeness (QED) is 0.827. The van der Waals surface area contributed by atoms with Crippen LogP contribution in [0.25, 0.3) is 0 Å². The fourth-order valence-corrected chi connectivity index (χ4v) is 1.71. The van der Waals surface area contributed by atoms with Crippen molar-refractivity contribution in [2.45, 2.75) is 6.42 Å². The van der Waals surface area contributed by atoms with Gasteiger partial charge in [0.15, 0.2) is 0 Å². The second kappa shape index (κ2) is 7.01. The Bertz CT molecular complexity index is 636. The Balaban J connectivity index is 1.98. The van der Waals surface area contributed by atoms with E-state index in [2.05, 4.69) is 5.92 Å². The Hall–Kier alpha value is -2.93. The van der Waals surface area contributed by atoms with Gasteiger partial charge < -0.3 is 14.6 Å². The van der Waals surface area contributed by atoms with E-state index in [0.717, 1.165) is 5.56 Å². The van der Waals surface area contributed by atoms with Crippen LogP contribution in [-0.4, -0.2) is 17.7 Å². The van der Waals surface area contributed by atoms with E-state index in [1.807, 2.05) is 0 Å². The molecular formula is C17H14O4. The van der Waals surface area contributed by atoms with Crippen LogP contribution in [0.15, 0.2) is 48.5 Å². The van der Waals surface area contributed by atoms with Crippen LogP contribution in [0, 0.1) is 12.3 Å². The fraction of sp³-hybridized carbons (Fsp3) is 0.118. The zero-order chi connectivity index (χ0) is 15.1. The maximum absolute atomic E-state index is 10.6. The zero-order valence-electron chi connectivity index (χ0n) is 11.3. The van der Waals surface area contributed by atoms with Crippen molar-refractivity contribution < 1.29 is 19.4 Å². The lowest BCUT2D eigenvalue weighted by Crippen LogP contribution is -1.99. The predicted octanol–water partition coefficient (Wildman–Crippen LogP) is 3.12. The molecule has 0 aliphatic heterocycles. The highest BCUT2D eigenvalue weighted by Crippen LogP contribution is 2.24. The molecule has 2 rings (SSSR count). The minimum Gasteiger partial charge on any atom is -0.481 e. The lowest BCUT2D eigenvalue weighted by molar-refractivity contribution is -0.136. The molecule has 0 radical (unpaired) electrons. The van der Waals surface area contributed by atoms with Crippen LogP contribution in [0.1, 0.15) is 5.56 Å². The molecule has 2 aromatic rings. The number of carboxylic acids is 1. The maximum Gasteiger partial charge on any atom is 0.307 e. The van der Waals surface area contributed by atoms with Gasteiger partial charge >= 0.3 is 5.97 Å². The molecule has 2 aromatic carbocycles. The van der Waals surface area contributed by atoms with E-state index in [1.54, 1.807) is 48.5 Å². The molecule has 0 saturated heterocycles. The fourth-order valence-electron chi connectivity index (χ4n) is 1.71. The third-order valence-electron chi connectivity index (χ3n) is 2.66. The summed E-state index contributed by atoms with van der Waals surface area (Å²) in [6, 6.07) is 14.0. The van der Waals surface area contributed by atoms with Gasteiger partial charge in [0.25, 0.3) is 0 Å². The van der Waals surface area contributed by atoms with Crippen molar-refractivity contribution in [2.75, 3.05) is 6.61 Å². The molecule has 21 heavy (non-hydrogen) atoms. The number of ether oxygens (including phenoxy) is 2. The molecule has 0 atom stereocenters. The summed E-state index contributed by atoms with van der Waals surface area (Å²) >= 11 is 0. The Kier molecular flexibility index (Phi) is 4.84. The van der Waals surface area contributed by atoms with Crippen LogP contribution < -0.4 is 9.47 Å². The number of carbonyl (C=O) groups is 1. The first kappa shape index (κ1) is 14.5. The van der Waals surface area contributed by atoms with E-state index >= 15 is 0 Å². The van der Waals surface area contributed by atoms with Crippen LogP contribution in [0.2, 0.25) is 0 Å². The third-order valence-corrected chi connectivity index (χ3v) is 2.66. The highest BCUT2D eigenvalue weighted by Gasteiger charge is 2.02.